The van der Waals surface area contributed by atoms with E-state index in [4.69, 9.17) is 0 Å². The van der Waals surface area contributed by atoms with Crippen molar-refractivity contribution >= 4 is 5.91 Å². The van der Waals surface area contributed by atoms with Crippen molar-refractivity contribution in [2.24, 2.45) is 0 Å². The number of carbonyl (C=O) groups is 1. The Morgan fingerprint density at radius 1 is 0.329 bits per heavy atom. The molecular weight excluding hydrogens is 927 g/mol. The summed E-state index contributed by atoms with van der Waals surface area (Å²) in [6.07, 6.45) is 101. The van der Waals surface area contributed by atoms with Gasteiger partial charge in [0.25, 0.3) is 0 Å². The molecule has 2 atom stereocenters. The molecule has 4 nitrogen and oxygen atoms in total. The lowest BCUT2D eigenvalue weighted by atomic mass is 10.0. The van der Waals surface area contributed by atoms with Crippen molar-refractivity contribution in [3.63, 3.8) is 0 Å². The summed E-state index contributed by atoms with van der Waals surface area (Å²) in [6, 6.07) is -0.657. The molecular formula is C72H125NO3. The summed E-state index contributed by atoms with van der Waals surface area (Å²) in [5.74, 6) is -0.0836. The van der Waals surface area contributed by atoms with Gasteiger partial charge in [-0.25, -0.2) is 0 Å². The van der Waals surface area contributed by atoms with Gasteiger partial charge in [0.15, 0.2) is 0 Å². The molecule has 3 N–H and O–H groups in total. The van der Waals surface area contributed by atoms with E-state index >= 15 is 0 Å². The van der Waals surface area contributed by atoms with E-state index in [0.717, 1.165) is 89.9 Å². The van der Waals surface area contributed by atoms with Gasteiger partial charge < -0.3 is 15.5 Å². The third-order valence-electron chi connectivity index (χ3n) is 14.4. The van der Waals surface area contributed by atoms with Crippen LogP contribution in [0.1, 0.15) is 309 Å². The lowest BCUT2D eigenvalue weighted by Crippen LogP contribution is -2.45. The lowest BCUT2D eigenvalue weighted by molar-refractivity contribution is -0.123. The van der Waals surface area contributed by atoms with E-state index in [2.05, 4.69) is 129 Å². The number of allylic oxidation sites excluding steroid dienone is 19. The summed E-state index contributed by atoms with van der Waals surface area (Å²) >= 11 is 0. The highest BCUT2D eigenvalue weighted by molar-refractivity contribution is 5.76. The average Bonchev–Trinajstić information content (AvgIpc) is 3.42. The summed E-state index contributed by atoms with van der Waals surface area (Å²) < 4.78 is 0. The van der Waals surface area contributed by atoms with Crippen molar-refractivity contribution in [2.75, 3.05) is 6.61 Å². The first-order valence-electron chi connectivity index (χ1n) is 32.7. The predicted octanol–water partition coefficient (Wildman–Crippen LogP) is 22.4. The van der Waals surface area contributed by atoms with Crippen LogP contribution in [0.5, 0.6) is 0 Å². The van der Waals surface area contributed by atoms with Gasteiger partial charge in [-0.15, -0.1) is 0 Å². The van der Waals surface area contributed by atoms with Crippen LogP contribution in [0.25, 0.3) is 0 Å². The summed E-state index contributed by atoms with van der Waals surface area (Å²) in [5.41, 5.74) is 0. The topological polar surface area (TPSA) is 69.6 Å². The Balaban J connectivity index is 3.58. The molecule has 0 bridgehead atoms. The molecule has 0 saturated carbocycles. The zero-order valence-corrected chi connectivity index (χ0v) is 50.2. The maximum absolute atomic E-state index is 12.5. The second-order valence-corrected chi connectivity index (χ2v) is 21.8. The van der Waals surface area contributed by atoms with Gasteiger partial charge in [0.1, 0.15) is 0 Å². The number of hydrogen-bond acceptors (Lipinski definition) is 3. The highest BCUT2D eigenvalue weighted by atomic mass is 16.3. The Morgan fingerprint density at radius 3 is 0.921 bits per heavy atom. The summed E-state index contributed by atoms with van der Waals surface area (Å²) in [4.78, 5) is 12.5. The van der Waals surface area contributed by atoms with E-state index in [-0.39, 0.29) is 12.5 Å². The number of hydrogen-bond donors (Lipinski definition) is 3. The maximum Gasteiger partial charge on any atom is 0.220 e. The molecule has 0 heterocycles. The lowest BCUT2D eigenvalue weighted by Gasteiger charge is -2.19. The van der Waals surface area contributed by atoms with Gasteiger partial charge in [-0.1, -0.05) is 322 Å². The van der Waals surface area contributed by atoms with Gasteiger partial charge in [0, 0.05) is 6.42 Å². The smallest absolute Gasteiger partial charge is 0.220 e. The first-order chi connectivity index (χ1) is 37.7. The van der Waals surface area contributed by atoms with Gasteiger partial charge in [-0.05, 0) is 103 Å². The fourth-order valence-corrected chi connectivity index (χ4v) is 9.49. The normalized spacial score (nSPS) is 13.6. The number of amides is 1. The molecule has 1 amide bonds. The van der Waals surface area contributed by atoms with E-state index in [1.807, 2.05) is 6.08 Å². The average molecular weight is 1050 g/mol. The summed E-state index contributed by atoms with van der Waals surface area (Å²) in [5, 5.41) is 23.2. The standard InChI is InChI=1S/C72H125NO3/c1-3-5-7-9-11-13-15-17-19-21-23-25-27-29-31-33-35-36-38-40-42-44-46-48-50-52-54-56-58-60-62-64-66-68-72(76)73-70(69-74)71(75)67-65-63-61-59-57-55-53-51-49-47-45-43-41-39-37-34-32-30-28-26-24-22-20-18-16-14-12-10-8-6-4-2/h5,7,11,13,17,19,23,25,29,31,35-36,40,42,49,51,57,59,65,67,70-71,74-75H,3-4,6,8-10,12,14-16,18,20-22,24,26-28,30,32-34,37-39,41,43-48,50,52-56,58,60-64,66,68-69H2,1-2H3,(H,73,76)/b7-5-,13-11-,19-17-,25-23-,31-29-,36-35-,42-40-,51-49+,59-57+,67-65+. The monoisotopic (exact) mass is 1050 g/mol. The number of aliphatic hydroxyl groups is 2. The number of nitrogens with one attached hydrogen (secondary N) is 1. The van der Waals surface area contributed by atoms with E-state index in [1.54, 1.807) is 6.08 Å². The molecule has 0 aromatic carbocycles. The fourth-order valence-electron chi connectivity index (χ4n) is 9.49. The molecule has 0 aliphatic carbocycles. The number of unbranched alkanes of at least 4 members (excludes halogenated alkanes) is 34. The van der Waals surface area contributed by atoms with E-state index in [1.165, 1.54) is 199 Å². The minimum Gasteiger partial charge on any atom is -0.394 e. The highest BCUT2D eigenvalue weighted by Gasteiger charge is 2.18. The Hall–Kier alpha value is -3.21. The number of aliphatic hydroxyl groups excluding tert-OH is 2. The van der Waals surface area contributed by atoms with Crippen LogP contribution < -0.4 is 5.32 Å². The molecule has 0 aromatic rings. The van der Waals surface area contributed by atoms with Crippen molar-refractivity contribution < 1.29 is 15.0 Å². The Morgan fingerprint density at radius 2 is 0.592 bits per heavy atom. The maximum atomic E-state index is 12.5. The first kappa shape index (κ1) is 72.8. The van der Waals surface area contributed by atoms with Gasteiger partial charge in [-0.3, -0.25) is 4.79 Å². The minimum absolute atomic E-state index is 0.0836. The molecule has 0 aliphatic heterocycles. The molecule has 0 aromatic heterocycles. The molecule has 0 aliphatic rings. The van der Waals surface area contributed by atoms with E-state index in [0.29, 0.717) is 6.42 Å². The Kier molecular flexibility index (Phi) is 63.3. The first-order valence-corrected chi connectivity index (χ1v) is 32.7. The van der Waals surface area contributed by atoms with Crippen LogP contribution >= 0.6 is 0 Å². The van der Waals surface area contributed by atoms with Gasteiger partial charge in [0.05, 0.1) is 18.8 Å². The molecule has 0 radical (unpaired) electrons. The molecule has 0 saturated heterocycles. The second-order valence-electron chi connectivity index (χ2n) is 21.8. The van der Waals surface area contributed by atoms with E-state index in [9.17, 15) is 15.0 Å². The summed E-state index contributed by atoms with van der Waals surface area (Å²) in [6.45, 7) is 4.20. The molecule has 0 fully saturated rings. The Bertz CT molecular complexity index is 1470. The van der Waals surface area contributed by atoms with Crippen molar-refractivity contribution in [1.82, 2.24) is 5.32 Å². The molecule has 0 rings (SSSR count). The molecule has 76 heavy (non-hydrogen) atoms. The van der Waals surface area contributed by atoms with Crippen LogP contribution in [0.4, 0.5) is 0 Å². The zero-order valence-electron chi connectivity index (χ0n) is 50.2. The second kappa shape index (κ2) is 66.1. The zero-order chi connectivity index (χ0) is 54.8. The van der Waals surface area contributed by atoms with Gasteiger partial charge in [0.2, 0.25) is 5.91 Å². The number of rotatable bonds is 59. The van der Waals surface area contributed by atoms with Gasteiger partial charge in [-0.2, -0.15) is 0 Å². The summed E-state index contributed by atoms with van der Waals surface area (Å²) in [7, 11) is 0. The predicted molar refractivity (Wildman–Crippen MR) is 340 cm³/mol. The van der Waals surface area contributed by atoms with Crippen LogP contribution in [0.3, 0.4) is 0 Å². The van der Waals surface area contributed by atoms with Crippen molar-refractivity contribution in [3.05, 3.63) is 122 Å². The third kappa shape index (κ3) is 61.6. The molecule has 4 heteroatoms. The molecule has 436 valence electrons. The van der Waals surface area contributed by atoms with Crippen molar-refractivity contribution in [2.45, 2.75) is 321 Å². The molecule has 2 unspecified atom stereocenters. The van der Waals surface area contributed by atoms with Crippen molar-refractivity contribution in [3.8, 4) is 0 Å². The van der Waals surface area contributed by atoms with Crippen LogP contribution in [0.15, 0.2) is 122 Å². The van der Waals surface area contributed by atoms with Gasteiger partial charge >= 0.3 is 0 Å². The van der Waals surface area contributed by atoms with Crippen LogP contribution in [0, 0.1) is 0 Å². The molecule has 0 spiro atoms. The van der Waals surface area contributed by atoms with Crippen LogP contribution in [0.2, 0.25) is 0 Å². The van der Waals surface area contributed by atoms with Crippen LogP contribution in [-0.4, -0.2) is 34.9 Å². The third-order valence-corrected chi connectivity index (χ3v) is 14.4. The quantitative estimate of drug-likeness (QED) is 0.0420. The SMILES string of the molecule is CC/C=C\C/C=C\C/C=C\C/C=C\C/C=C\C/C=C\C/C=C\CCCCCCCCCCCCCC(=O)NC(CO)C(O)/C=C/CC/C=C/CC/C=C/CCCCCCCCCCCCCCCCCCCCCCC. The largest absolute Gasteiger partial charge is 0.394 e. The Labute approximate surface area is 473 Å². The fraction of sp³-hybridized carbons (Fsp3) is 0.708. The highest BCUT2D eigenvalue weighted by Crippen LogP contribution is 2.17. The van der Waals surface area contributed by atoms with Crippen molar-refractivity contribution in [1.29, 1.82) is 0 Å². The van der Waals surface area contributed by atoms with Crippen LogP contribution in [-0.2, 0) is 4.79 Å². The number of carbonyl (C=O) groups excluding carboxylic acids is 1. The minimum atomic E-state index is -0.881. The van der Waals surface area contributed by atoms with E-state index < -0.39 is 12.1 Å².